The second kappa shape index (κ2) is 6.13. The monoisotopic (exact) mass is 295 g/mol. The van der Waals surface area contributed by atoms with Gasteiger partial charge in [-0.2, -0.15) is 0 Å². The van der Waals surface area contributed by atoms with E-state index >= 15 is 0 Å². The van der Waals surface area contributed by atoms with Crippen LogP contribution in [0.3, 0.4) is 0 Å². The zero-order valence-corrected chi connectivity index (χ0v) is 12.1. The molecule has 2 amide bonds. The topological polar surface area (TPSA) is 75.4 Å². The van der Waals surface area contributed by atoms with E-state index in [9.17, 15) is 9.59 Å². The van der Waals surface area contributed by atoms with Crippen LogP contribution in [0.25, 0.3) is 0 Å². The van der Waals surface area contributed by atoms with Gasteiger partial charge in [-0.3, -0.25) is 9.59 Å². The summed E-state index contributed by atoms with van der Waals surface area (Å²) in [6, 6.07) is 4.88. The zero-order valence-electron chi connectivity index (χ0n) is 11.4. The summed E-state index contributed by atoms with van der Waals surface area (Å²) in [7, 11) is 1.63. The molecule has 2 rings (SSSR count). The Balaban J connectivity index is 2.05. The highest BCUT2D eigenvalue weighted by molar-refractivity contribution is 6.34. The number of anilines is 1. The van der Waals surface area contributed by atoms with Gasteiger partial charge in [0, 0.05) is 31.7 Å². The molecule has 1 heterocycles. The summed E-state index contributed by atoms with van der Waals surface area (Å²) in [6.07, 6.45) is 1.34. The standard InChI is InChI=1S/C14H18ClN3O2/c1-17-13(19)9-4-6-18(7-5-9)14(20)11-8-10(16)2-3-12(11)15/h2-3,8-9H,4-7,16H2,1H3,(H,17,19). The zero-order chi connectivity index (χ0) is 14.7. The minimum Gasteiger partial charge on any atom is -0.399 e. The molecular weight excluding hydrogens is 278 g/mol. The number of likely N-dealkylation sites (tertiary alicyclic amines) is 1. The number of nitrogens with zero attached hydrogens (tertiary/aromatic N) is 1. The highest BCUT2D eigenvalue weighted by atomic mass is 35.5. The maximum absolute atomic E-state index is 12.4. The average molecular weight is 296 g/mol. The van der Waals surface area contributed by atoms with Crippen molar-refractivity contribution in [2.75, 3.05) is 25.9 Å². The molecule has 0 radical (unpaired) electrons. The summed E-state index contributed by atoms with van der Waals surface area (Å²) in [5.74, 6) is -0.0999. The number of rotatable bonds is 2. The van der Waals surface area contributed by atoms with Gasteiger partial charge in [0.15, 0.2) is 0 Å². The van der Waals surface area contributed by atoms with Crippen LogP contribution in [-0.2, 0) is 4.79 Å². The Kier molecular flexibility index (Phi) is 4.49. The molecule has 0 bridgehead atoms. The van der Waals surface area contributed by atoms with Crippen molar-refractivity contribution in [2.45, 2.75) is 12.8 Å². The van der Waals surface area contributed by atoms with Crippen LogP contribution < -0.4 is 11.1 Å². The molecule has 1 aromatic carbocycles. The van der Waals surface area contributed by atoms with Crippen LogP contribution in [0.15, 0.2) is 18.2 Å². The molecule has 3 N–H and O–H groups in total. The molecular formula is C14H18ClN3O2. The van der Waals surface area contributed by atoms with E-state index in [2.05, 4.69) is 5.32 Å². The smallest absolute Gasteiger partial charge is 0.255 e. The number of piperidine rings is 1. The van der Waals surface area contributed by atoms with Gasteiger partial charge in [0.1, 0.15) is 0 Å². The van der Waals surface area contributed by atoms with E-state index in [1.54, 1.807) is 30.1 Å². The lowest BCUT2D eigenvalue weighted by molar-refractivity contribution is -0.125. The fraction of sp³-hybridized carbons (Fsp3) is 0.429. The van der Waals surface area contributed by atoms with Crippen LogP contribution in [-0.4, -0.2) is 36.9 Å². The first-order valence-corrected chi connectivity index (χ1v) is 6.96. The van der Waals surface area contributed by atoms with Gasteiger partial charge in [-0.1, -0.05) is 11.6 Å². The molecule has 108 valence electrons. The number of nitrogens with one attached hydrogen (secondary N) is 1. The Hall–Kier alpha value is -1.75. The minimum atomic E-state index is -0.127. The van der Waals surface area contributed by atoms with E-state index in [4.69, 9.17) is 17.3 Å². The van der Waals surface area contributed by atoms with Gasteiger partial charge >= 0.3 is 0 Å². The van der Waals surface area contributed by atoms with E-state index in [-0.39, 0.29) is 17.7 Å². The number of carbonyl (C=O) groups is 2. The van der Waals surface area contributed by atoms with Crippen molar-refractivity contribution >= 4 is 29.1 Å². The van der Waals surface area contributed by atoms with E-state index < -0.39 is 0 Å². The third-order valence-electron chi connectivity index (χ3n) is 3.62. The maximum atomic E-state index is 12.4. The Morgan fingerprint density at radius 1 is 1.35 bits per heavy atom. The van der Waals surface area contributed by atoms with Crippen LogP contribution in [0.4, 0.5) is 5.69 Å². The normalized spacial score (nSPS) is 16.0. The largest absolute Gasteiger partial charge is 0.399 e. The van der Waals surface area contributed by atoms with E-state index in [1.807, 2.05) is 0 Å². The van der Waals surface area contributed by atoms with E-state index in [0.717, 1.165) is 0 Å². The second-order valence-corrected chi connectivity index (χ2v) is 5.33. The molecule has 0 spiro atoms. The SMILES string of the molecule is CNC(=O)C1CCN(C(=O)c2cc(N)ccc2Cl)CC1. The third kappa shape index (κ3) is 3.04. The molecule has 1 saturated heterocycles. The number of hydrogen-bond donors (Lipinski definition) is 2. The minimum absolute atomic E-state index is 0.0136. The highest BCUT2D eigenvalue weighted by Gasteiger charge is 2.28. The number of nitrogen functional groups attached to an aromatic ring is 1. The van der Waals surface area contributed by atoms with Crippen LogP contribution in [0.2, 0.25) is 5.02 Å². The van der Waals surface area contributed by atoms with Gasteiger partial charge in [0.05, 0.1) is 10.6 Å². The predicted octanol–water partition coefficient (Wildman–Crippen LogP) is 1.52. The fourth-order valence-corrected chi connectivity index (χ4v) is 2.62. The summed E-state index contributed by atoms with van der Waals surface area (Å²) < 4.78 is 0. The maximum Gasteiger partial charge on any atom is 0.255 e. The average Bonchev–Trinajstić information content (AvgIpc) is 2.48. The molecule has 20 heavy (non-hydrogen) atoms. The molecule has 1 aliphatic heterocycles. The van der Waals surface area contributed by atoms with Crippen molar-refractivity contribution in [2.24, 2.45) is 5.92 Å². The first kappa shape index (κ1) is 14.7. The first-order valence-electron chi connectivity index (χ1n) is 6.59. The van der Waals surface area contributed by atoms with Crippen molar-refractivity contribution in [1.29, 1.82) is 0 Å². The molecule has 0 unspecified atom stereocenters. The van der Waals surface area contributed by atoms with Gasteiger partial charge in [0.25, 0.3) is 5.91 Å². The number of carbonyl (C=O) groups excluding carboxylic acids is 2. The number of nitrogens with two attached hydrogens (primary N) is 1. The third-order valence-corrected chi connectivity index (χ3v) is 3.95. The summed E-state index contributed by atoms with van der Waals surface area (Å²) in [4.78, 5) is 25.7. The Labute approximate surface area is 123 Å². The molecule has 0 aromatic heterocycles. The van der Waals surface area contributed by atoms with Gasteiger partial charge in [0.2, 0.25) is 5.91 Å². The van der Waals surface area contributed by atoms with Gasteiger partial charge in [-0.15, -0.1) is 0 Å². The quantitative estimate of drug-likeness (QED) is 0.812. The molecule has 0 aliphatic carbocycles. The molecule has 0 saturated carbocycles. The second-order valence-electron chi connectivity index (χ2n) is 4.92. The molecule has 1 aliphatic rings. The Bertz CT molecular complexity index is 525. The Morgan fingerprint density at radius 2 is 2.00 bits per heavy atom. The molecule has 5 nitrogen and oxygen atoms in total. The summed E-state index contributed by atoms with van der Waals surface area (Å²) in [5, 5.41) is 3.05. The number of amides is 2. The Morgan fingerprint density at radius 3 is 2.60 bits per heavy atom. The van der Waals surface area contributed by atoms with E-state index in [0.29, 0.717) is 42.2 Å². The van der Waals surface area contributed by atoms with Crippen LogP contribution >= 0.6 is 11.6 Å². The van der Waals surface area contributed by atoms with Gasteiger partial charge in [-0.05, 0) is 31.0 Å². The van der Waals surface area contributed by atoms with E-state index in [1.165, 1.54) is 0 Å². The van der Waals surface area contributed by atoms with Gasteiger partial charge < -0.3 is 16.0 Å². The summed E-state index contributed by atoms with van der Waals surface area (Å²) in [5.41, 5.74) is 6.63. The summed E-state index contributed by atoms with van der Waals surface area (Å²) >= 11 is 6.04. The first-order chi connectivity index (χ1) is 9.52. The number of hydrogen-bond acceptors (Lipinski definition) is 3. The molecule has 1 fully saturated rings. The molecule has 6 heteroatoms. The molecule has 1 aromatic rings. The number of halogens is 1. The lowest BCUT2D eigenvalue weighted by atomic mass is 9.95. The fourth-order valence-electron chi connectivity index (χ4n) is 2.43. The van der Waals surface area contributed by atoms with Crippen LogP contribution in [0.5, 0.6) is 0 Å². The van der Waals surface area contributed by atoms with Crippen LogP contribution in [0.1, 0.15) is 23.2 Å². The van der Waals surface area contributed by atoms with Gasteiger partial charge in [-0.25, -0.2) is 0 Å². The highest BCUT2D eigenvalue weighted by Crippen LogP contribution is 2.24. The summed E-state index contributed by atoms with van der Waals surface area (Å²) in [6.45, 7) is 1.12. The lowest BCUT2D eigenvalue weighted by Crippen LogP contribution is -2.42. The van der Waals surface area contributed by atoms with Crippen LogP contribution in [0, 0.1) is 5.92 Å². The molecule has 0 atom stereocenters. The lowest BCUT2D eigenvalue weighted by Gasteiger charge is -2.31. The number of benzene rings is 1. The van der Waals surface area contributed by atoms with Crippen molar-refractivity contribution in [3.05, 3.63) is 28.8 Å². The van der Waals surface area contributed by atoms with Crippen molar-refractivity contribution in [1.82, 2.24) is 10.2 Å². The van der Waals surface area contributed by atoms with Crippen molar-refractivity contribution in [3.63, 3.8) is 0 Å². The predicted molar refractivity (Wildman–Crippen MR) is 78.6 cm³/mol. The van der Waals surface area contributed by atoms with Crippen molar-refractivity contribution < 1.29 is 9.59 Å². The van der Waals surface area contributed by atoms with Crippen molar-refractivity contribution in [3.8, 4) is 0 Å².